The normalized spacial score (nSPS) is 11.9. The second-order valence-corrected chi connectivity index (χ2v) is 7.65. The average molecular weight is 357 g/mol. The highest BCUT2D eigenvalue weighted by atomic mass is 35.5. The lowest BCUT2D eigenvalue weighted by atomic mass is 10.3. The minimum absolute atomic E-state index is 0.0145. The molecular weight excluding hydrogens is 338 g/mol. The number of hydrogen-bond donors (Lipinski definition) is 2. The lowest BCUT2D eigenvalue weighted by molar-refractivity contribution is 0.561. The van der Waals surface area contributed by atoms with Gasteiger partial charge in [-0.1, -0.05) is 37.0 Å². The molecule has 1 rings (SSSR count). The van der Waals surface area contributed by atoms with Crippen LogP contribution in [-0.4, -0.2) is 26.8 Å². The summed E-state index contributed by atoms with van der Waals surface area (Å²) in [6, 6.07) is 2.77. The van der Waals surface area contributed by atoms with Crippen LogP contribution in [0, 0.1) is 5.82 Å². The molecule has 0 saturated carbocycles. The first-order valence-corrected chi connectivity index (χ1v) is 9.00. The summed E-state index contributed by atoms with van der Waals surface area (Å²) in [5, 5.41) is 2.77. The van der Waals surface area contributed by atoms with Crippen LogP contribution >= 0.6 is 23.2 Å². The molecule has 1 aromatic carbocycles. The van der Waals surface area contributed by atoms with Gasteiger partial charge in [0.05, 0.1) is 21.5 Å². The van der Waals surface area contributed by atoms with Crippen molar-refractivity contribution >= 4 is 38.9 Å². The van der Waals surface area contributed by atoms with Gasteiger partial charge >= 0.3 is 0 Å². The van der Waals surface area contributed by atoms with Crippen LogP contribution in [0.4, 0.5) is 10.1 Å². The smallest absolute Gasteiger partial charge is 0.232 e. The molecule has 0 radical (unpaired) electrons. The third-order valence-electron chi connectivity index (χ3n) is 2.65. The second kappa shape index (κ2) is 8.17. The van der Waals surface area contributed by atoms with Crippen LogP contribution in [0.5, 0.6) is 0 Å². The van der Waals surface area contributed by atoms with Gasteiger partial charge in [0.25, 0.3) is 0 Å². The molecule has 0 amide bonds. The van der Waals surface area contributed by atoms with E-state index in [2.05, 4.69) is 10.0 Å². The minimum Gasteiger partial charge on any atom is -0.315 e. The van der Waals surface area contributed by atoms with Crippen LogP contribution in [0.1, 0.15) is 26.7 Å². The van der Waals surface area contributed by atoms with Gasteiger partial charge in [-0.15, -0.1) is 0 Å². The van der Waals surface area contributed by atoms with Gasteiger partial charge < -0.3 is 5.32 Å². The molecule has 8 heteroatoms. The summed E-state index contributed by atoms with van der Waals surface area (Å²) < 4.78 is 39.4. The lowest BCUT2D eigenvalue weighted by Crippen LogP contribution is -2.24. The summed E-state index contributed by atoms with van der Waals surface area (Å²) >= 11 is 11.2. The highest BCUT2D eigenvalue weighted by Gasteiger charge is 2.13. The van der Waals surface area contributed by atoms with Crippen LogP contribution in [0.25, 0.3) is 0 Å². The van der Waals surface area contributed by atoms with Gasteiger partial charge in [0.2, 0.25) is 10.0 Å². The van der Waals surface area contributed by atoms with E-state index in [1.807, 2.05) is 13.8 Å². The summed E-state index contributed by atoms with van der Waals surface area (Å²) in [6.45, 7) is 4.82. The molecule has 120 valence electrons. The Morgan fingerprint density at radius 2 is 1.76 bits per heavy atom. The summed E-state index contributed by atoms with van der Waals surface area (Å²) in [5.74, 6) is -0.777. The first kappa shape index (κ1) is 18.5. The van der Waals surface area contributed by atoms with Crippen LogP contribution in [0.3, 0.4) is 0 Å². The van der Waals surface area contributed by atoms with E-state index in [1.165, 1.54) is 12.1 Å². The third-order valence-corrected chi connectivity index (χ3v) is 4.57. The van der Waals surface area contributed by atoms with Crippen molar-refractivity contribution in [3.8, 4) is 0 Å². The summed E-state index contributed by atoms with van der Waals surface area (Å²) in [7, 11) is -3.50. The van der Waals surface area contributed by atoms with Crippen molar-refractivity contribution in [2.75, 3.05) is 17.0 Å². The Kier molecular flexibility index (Phi) is 7.20. The fourth-order valence-electron chi connectivity index (χ4n) is 1.65. The predicted molar refractivity (Wildman–Crippen MR) is 86.2 cm³/mol. The summed E-state index contributed by atoms with van der Waals surface area (Å²) in [6.07, 6.45) is 1.28. The predicted octanol–water partition coefficient (Wildman–Crippen LogP) is 3.65. The standard InChI is InChI=1S/C13H19Cl2FN2O2S/c1-9(2)17-5-3-4-6-21(19,20)18-10-7-11(14)13(16)12(15)8-10/h7-9,17-18H,3-6H2,1-2H3. The molecule has 0 aliphatic rings. The summed E-state index contributed by atoms with van der Waals surface area (Å²) in [5.41, 5.74) is 0.159. The van der Waals surface area contributed by atoms with Gasteiger partial charge in [-0.05, 0) is 31.5 Å². The number of rotatable bonds is 8. The molecule has 4 nitrogen and oxygen atoms in total. The molecule has 1 aromatic rings. The molecule has 0 aromatic heterocycles. The molecule has 0 aliphatic carbocycles. The van der Waals surface area contributed by atoms with Gasteiger partial charge in [0.1, 0.15) is 0 Å². The number of sulfonamides is 1. The van der Waals surface area contributed by atoms with E-state index >= 15 is 0 Å². The van der Waals surface area contributed by atoms with Crippen LogP contribution in [0.2, 0.25) is 10.0 Å². The zero-order chi connectivity index (χ0) is 16.0. The van der Waals surface area contributed by atoms with Crippen molar-refractivity contribution in [3.05, 3.63) is 28.0 Å². The minimum atomic E-state index is -3.50. The molecule has 0 aliphatic heterocycles. The molecule has 0 heterocycles. The van der Waals surface area contributed by atoms with Crippen molar-refractivity contribution < 1.29 is 12.8 Å². The maximum atomic E-state index is 13.2. The largest absolute Gasteiger partial charge is 0.315 e. The molecular formula is C13H19Cl2FN2O2S. The second-order valence-electron chi connectivity index (χ2n) is 4.99. The van der Waals surface area contributed by atoms with Crippen molar-refractivity contribution in [1.29, 1.82) is 0 Å². The van der Waals surface area contributed by atoms with E-state index in [9.17, 15) is 12.8 Å². The van der Waals surface area contributed by atoms with Gasteiger partial charge in [-0.2, -0.15) is 0 Å². The molecule has 0 spiro atoms. The van der Waals surface area contributed by atoms with Gasteiger partial charge in [-0.25, -0.2) is 12.8 Å². The Hall–Kier alpha value is -0.560. The average Bonchev–Trinajstić information content (AvgIpc) is 2.34. The third kappa shape index (κ3) is 6.82. The van der Waals surface area contributed by atoms with Crippen molar-refractivity contribution in [2.45, 2.75) is 32.7 Å². The van der Waals surface area contributed by atoms with Gasteiger partial charge in [0, 0.05) is 6.04 Å². The monoisotopic (exact) mass is 356 g/mol. The van der Waals surface area contributed by atoms with E-state index in [-0.39, 0.29) is 21.5 Å². The fraction of sp³-hybridized carbons (Fsp3) is 0.538. The van der Waals surface area contributed by atoms with Crippen LogP contribution in [0.15, 0.2) is 12.1 Å². The van der Waals surface area contributed by atoms with Crippen LogP contribution in [-0.2, 0) is 10.0 Å². The maximum Gasteiger partial charge on any atom is 0.232 e. The molecule has 21 heavy (non-hydrogen) atoms. The zero-order valence-corrected chi connectivity index (χ0v) is 14.2. The molecule has 0 fully saturated rings. The Morgan fingerprint density at radius 1 is 1.19 bits per heavy atom. The number of benzene rings is 1. The Morgan fingerprint density at radius 3 is 2.29 bits per heavy atom. The zero-order valence-electron chi connectivity index (χ0n) is 11.9. The number of halogens is 3. The first-order chi connectivity index (χ1) is 9.71. The van der Waals surface area contributed by atoms with E-state index in [1.54, 1.807) is 0 Å². The lowest BCUT2D eigenvalue weighted by Gasteiger charge is -2.10. The van der Waals surface area contributed by atoms with E-state index < -0.39 is 15.8 Å². The first-order valence-electron chi connectivity index (χ1n) is 6.59. The summed E-state index contributed by atoms with van der Waals surface area (Å²) in [4.78, 5) is 0. The Bertz CT molecular complexity index is 557. The highest BCUT2D eigenvalue weighted by molar-refractivity contribution is 7.92. The van der Waals surface area contributed by atoms with Gasteiger partial charge in [0.15, 0.2) is 5.82 Å². The number of anilines is 1. The quantitative estimate of drug-likeness (QED) is 0.552. The van der Waals surface area contributed by atoms with E-state index in [4.69, 9.17) is 23.2 Å². The molecule has 0 atom stereocenters. The molecule has 0 unspecified atom stereocenters. The van der Waals surface area contributed by atoms with E-state index in [0.29, 0.717) is 12.5 Å². The Labute approximate surface area is 135 Å². The number of hydrogen-bond acceptors (Lipinski definition) is 3. The fourth-order valence-corrected chi connectivity index (χ4v) is 3.30. The maximum absolute atomic E-state index is 13.2. The van der Waals surface area contributed by atoms with Crippen molar-refractivity contribution in [2.24, 2.45) is 0 Å². The van der Waals surface area contributed by atoms with Gasteiger partial charge in [-0.3, -0.25) is 4.72 Å². The highest BCUT2D eigenvalue weighted by Crippen LogP contribution is 2.27. The van der Waals surface area contributed by atoms with Crippen molar-refractivity contribution in [1.82, 2.24) is 5.32 Å². The number of nitrogens with one attached hydrogen (secondary N) is 2. The number of unbranched alkanes of at least 4 members (excludes halogenated alkanes) is 1. The molecule has 0 bridgehead atoms. The molecule has 2 N–H and O–H groups in total. The Balaban J connectivity index is 2.53. The van der Waals surface area contributed by atoms with Crippen molar-refractivity contribution in [3.63, 3.8) is 0 Å². The SMILES string of the molecule is CC(C)NCCCCS(=O)(=O)Nc1cc(Cl)c(F)c(Cl)c1. The van der Waals surface area contributed by atoms with Crippen LogP contribution < -0.4 is 10.0 Å². The molecule has 0 saturated heterocycles. The van der Waals surface area contributed by atoms with E-state index in [0.717, 1.165) is 13.0 Å². The topological polar surface area (TPSA) is 58.2 Å².